The second-order valence-electron chi connectivity index (χ2n) is 10.0. The number of nitrogens with one attached hydrogen (secondary N) is 1. The number of anilines is 2. The first-order valence-electron chi connectivity index (χ1n) is 12.3. The van der Waals surface area contributed by atoms with Crippen molar-refractivity contribution in [2.24, 2.45) is 5.14 Å². The highest BCUT2D eigenvalue weighted by molar-refractivity contribution is 7.89. The number of sulfonamides is 1. The maximum atomic E-state index is 13.1. The van der Waals surface area contributed by atoms with Gasteiger partial charge in [-0.1, -0.05) is 6.07 Å². The fourth-order valence-electron chi connectivity index (χ4n) is 5.32. The standard InChI is InChI=1S/C26H31N7O3S/c1-16-8-17(2)10-21(9-16)30-26-29-13-20-14-32(15-23(20)31-26)22-5-7-33(18(3)11-22)25(34)19-4-6-28-24(12-19)37(27,35)36/h4,6,8-10,12-13,18,22H,5,7,11,14-15H2,1-3H3,(H2,27,35,36)(H,29,30,31)/t18-,22-/m1/s1. The number of pyridine rings is 1. The van der Waals surface area contributed by atoms with Crippen LogP contribution in [-0.4, -0.2) is 57.7 Å². The predicted octanol–water partition coefficient (Wildman–Crippen LogP) is 2.89. The Labute approximate surface area is 217 Å². The van der Waals surface area contributed by atoms with E-state index in [1.807, 2.05) is 13.1 Å². The molecule has 4 heterocycles. The number of primary sulfonamides is 1. The minimum Gasteiger partial charge on any atom is -0.336 e. The number of rotatable bonds is 5. The molecule has 1 amide bonds. The molecule has 37 heavy (non-hydrogen) atoms. The maximum absolute atomic E-state index is 13.1. The Balaban J connectivity index is 1.23. The normalized spacial score (nSPS) is 20.1. The van der Waals surface area contributed by atoms with Crippen LogP contribution in [0, 0.1) is 13.8 Å². The topological polar surface area (TPSA) is 134 Å². The van der Waals surface area contributed by atoms with E-state index in [2.05, 4.69) is 52.2 Å². The molecule has 0 spiro atoms. The van der Waals surface area contributed by atoms with Crippen LogP contribution in [0.1, 0.15) is 52.5 Å². The average Bonchev–Trinajstić information content (AvgIpc) is 3.26. The third kappa shape index (κ3) is 5.48. The Morgan fingerprint density at radius 2 is 1.86 bits per heavy atom. The van der Waals surface area contributed by atoms with E-state index >= 15 is 0 Å². The molecule has 0 aliphatic carbocycles. The molecule has 3 N–H and O–H groups in total. The highest BCUT2D eigenvalue weighted by Gasteiger charge is 2.35. The molecular formula is C26H31N7O3S. The molecule has 194 valence electrons. The second kappa shape index (κ2) is 9.81. The molecule has 5 rings (SSSR count). The van der Waals surface area contributed by atoms with Gasteiger partial charge in [-0.25, -0.2) is 28.5 Å². The van der Waals surface area contributed by atoms with Crippen molar-refractivity contribution < 1.29 is 13.2 Å². The largest absolute Gasteiger partial charge is 0.336 e. The SMILES string of the molecule is Cc1cc(C)cc(Nc2ncc3c(n2)CN([C@@H]2CCN(C(=O)c4ccnc(S(N)(=O)=O)c4)[C@H](C)C2)C3)c1. The number of nitrogens with two attached hydrogens (primary N) is 1. The summed E-state index contributed by atoms with van der Waals surface area (Å²) in [4.78, 5) is 30.5. The lowest BCUT2D eigenvalue weighted by atomic mass is 9.96. The summed E-state index contributed by atoms with van der Waals surface area (Å²) in [5, 5.41) is 8.21. The number of benzene rings is 1. The molecule has 2 atom stereocenters. The molecule has 0 bridgehead atoms. The molecule has 1 saturated heterocycles. The molecular weight excluding hydrogens is 490 g/mol. The third-order valence-electron chi connectivity index (χ3n) is 7.06. The van der Waals surface area contributed by atoms with Gasteiger partial charge in [0.05, 0.1) is 5.69 Å². The number of carbonyl (C=O) groups is 1. The predicted molar refractivity (Wildman–Crippen MR) is 140 cm³/mol. The van der Waals surface area contributed by atoms with Gasteiger partial charge in [0.15, 0.2) is 5.03 Å². The average molecular weight is 522 g/mol. The Morgan fingerprint density at radius 1 is 1.11 bits per heavy atom. The summed E-state index contributed by atoms with van der Waals surface area (Å²) in [5.41, 5.74) is 5.77. The van der Waals surface area contributed by atoms with Gasteiger partial charge < -0.3 is 10.2 Å². The minimum absolute atomic E-state index is 0.00562. The van der Waals surface area contributed by atoms with Crippen LogP contribution in [0.3, 0.4) is 0 Å². The lowest BCUT2D eigenvalue weighted by molar-refractivity contribution is 0.0460. The number of nitrogens with zero attached hydrogens (tertiary/aromatic N) is 5. The number of aryl methyl sites for hydroxylation is 2. The number of carbonyl (C=O) groups excluding carboxylic acids is 1. The number of likely N-dealkylation sites (tertiary alicyclic amines) is 1. The van der Waals surface area contributed by atoms with E-state index in [4.69, 9.17) is 10.1 Å². The van der Waals surface area contributed by atoms with Gasteiger partial charge in [0.25, 0.3) is 15.9 Å². The van der Waals surface area contributed by atoms with Crippen LogP contribution < -0.4 is 10.5 Å². The first-order chi connectivity index (χ1) is 17.6. The summed E-state index contributed by atoms with van der Waals surface area (Å²) in [5.74, 6) is 0.381. The third-order valence-corrected chi connectivity index (χ3v) is 7.86. The molecule has 3 aromatic rings. The number of piperidine rings is 1. The minimum atomic E-state index is -3.98. The van der Waals surface area contributed by atoms with Crippen LogP contribution in [0.2, 0.25) is 0 Å². The molecule has 2 aliphatic heterocycles. The van der Waals surface area contributed by atoms with Crippen molar-refractivity contribution in [1.82, 2.24) is 24.8 Å². The smallest absolute Gasteiger partial charge is 0.255 e. The fraction of sp³-hybridized carbons (Fsp3) is 0.385. The van der Waals surface area contributed by atoms with Crippen LogP contribution in [0.25, 0.3) is 0 Å². The molecule has 2 aromatic heterocycles. The van der Waals surface area contributed by atoms with Gasteiger partial charge in [0, 0.05) is 60.9 Å². The van der Waals surface area contributed by atoms with E-state index in [1.165, 1.54) is 29.5 Å². The van der Waals surface area contributed by atoms with Gasteiger partial charge in [-0.15, -0.1) is 0 Å². The van der Waals surface area contributed by atoms with Crippen molar-refractivity contribution in [3.05, 3.63) is 70.7 Å². The Hall–Kier alpha value is -3.41. The van der Waals surface area contributed by atoms with E-state index in [0.29, 0.717) is 18.5 Å². The van der Waals surface area contributed by atoms with Crippen molar-refractivity contribution in [2.45, 2.75) is 63.8 Å². The summed E-state index contributed by atoms with van der Waals surface area (Å²) < 4.78 is 23.3. The fourth-order valence-corrected chi connectivity index (χ4v) is 5.82. The number of fused-ring (bicyclic) bond motifs is 1. The molecule has 10 nitrogen and oxygen atoms in total. The zero-order valence-corrected chi connectivity index (χ0v) is 22.0. The van der Waals surface area contributed by atoms with Crippen molar-refractivity contribution in [1.29, 1.82) is 0 Å². The van der Waals surface area contributed by atoms with E-state index in [-0.39, 0.29) is 22.5 Å². The van der Waals surface area contributed by atoms with Gasteiger partial charge in [0.1, 0.15) is 0 Å². The zero-order chi connectivity index (χ0) is 26.3. The van der Waals surface area contributed by atoms with Gasteiger partial charge in [-0.3, -0.25) is 9.69 Å². The van der Waals surface area contributed by atoms with Crippen LogP contribution in [0.4, 0.5) is 11.6 Å². The summed E-state index contributed by atoms with van der Waals surface area (Å²) in [6, 6.07) is 9.36. The van der Waals surface area contributed by atoms with Crippen LogP contribution >= 0.6 is 0 Å². The molecule has 0 radical (unpaired) electrons. The summed E-state index contributed by atoms with van der Waals surface area (Å²) in [6.07, 6.45) is 4.84. The van der Waals surface area contributed by atoms with E-state index in [0.717, 1.165) is 42.9 Å². The first kappa shape index (κ1) is 25.2. The summed E-state index contributed by atoms with van der Waals surface area (Å²) >= 11 is 0. The lowest BCUT2D eigenvalue weighted by Crippen LogP contribution is -2.50. The quantitative estimate of drug-likeness (QED) is 0.523. The number of hydrogen-bond acceptors (Lipinski definition) is 8. The first-order valence-corrected chi connectivity index (χ1v) is 13.9. The molecule has 0 unspecified atom stereocenters. The van der Waals surface area contributed by atoms with E-state index in [9.17, 15) is 13.2 Å². The van der Waals surface area contributed by atoms with Crippen LogP contribution in [-0.2, 0) is 23.1 Å². The molecule has 11 heteroatoms. The Morgan fingerprint density at radius 3 is 2.57 bits per heavy atom. The molecule has 1 fully saturated rings. The monoisotopic (exact) mass is 521 g/mol. The van der Waals surface area contributed by atoms with Crippen molar-refractivity contribution in [2.75, 3.05) is 11.9 Å². The lowest BCUT2D eigenvalue weighted by Gasteiger charge is -2.41. The number of hydrogen-bond donors (Lipinski definition) is 2. The summed E-state index contributed by atoms with van der Waals surface area (Å²) in [6.45, 7) is 8.27. The van der Waals surface area contributed by atoms with E-state index < -0.39 is 10.0 Å². The molecule has 1 aromatic carbocycles. The highest BCUT2D eigenvalue weighted by Crippen LogP contribution is 2.31. The van der Waals surface area contributed by atoms with Crippen LogP contribution in [0.5, 0.6) is 0 Å². The van der Waals surface area contributed by atoms with Gasteiger partial charge in [0.2, 0.25) is 5.95 Å². The summed E-state index contributed by atoms with van der Waals surface area (Å²) in [7, 11) is -3.98. The van der Waals surface area contributed by atoms with Gasteiger partial charge in [-0.05, 0) is 69.0 Å². The Bertz CT molecular complexity index is 1440. The zero-order valence-electron chi connectivity index (χ0n) is 21.2. The van der Waals surface area contributed by atoms with Crippen molar-refractivity contribution >= 4 is 27.6 Å². The number of amides is 1. The van der Waals surface area contributed by atoms with E-state index in [1.54, 1.807) is 4.90 Å². The van der Waals surface area contributed by atoms with Crippen molar-refractivity contribution in [3.8, 4) is 0 Å². The molecule has 0 saturated carbocycles. The molecule has 2 aliphatic rings. The Kier molecular flexibility index (Phi) is 6.69. The highest BCUT2D eigenvalue weighted by atomic mass is 32.2. The van der Waals surface area contributed by atoms with Gasteiger partial charge >= 0.3 is 0 Å². The van der Waals surface area contributed by atoms with Crippen molar-refractivity contribution in [3.63, 3.8) is 0 Å². The number of aromatic nitrogens is 3. The maximum Gasteiger partial charge on any atom is 0.255 e. The van der Waals surface area contributed by atoms with Gasteiger partial charge in [-0.2, -0.15) is 0 Å². The second-order valence-corrected chi connectivity index (χ2v) is 11.5. The van der Waals surface area contributed by atoms with Crippen LogP contribution in [0.15, 0.2) is 47.8 Å².